The number of fused-ring (bicyclic) bond motifs is 1. The van der Waals surface area contributed by atoms with Crippen molar-refractivity contribution in [3.63, 3.8) is 0 Å². The van der Waals surface area contributed by atoms with Crippen LogP contribution in [0.15, 0.2) is 72.8 Å². The van der Waals surface area contributed by atoms with E-state index >= 15 is 0 Å². The van der Waals surface area contributed by atoms with Gasteiger partial charge in [0.15, 0.2) is 0 Å². The first kappa shape index (κ1) is 19.5. The molecular weight excluding hydrogens is 390 g/mol. The number of amides is 1. The van der Waals surface area contributed by atoms with Crippen molar-refractivity contribution >= 4 is 6.09 Å². The fourth-order valence-corrected chi connectivity index (χ4v) is 4.89. The molecule has 0 bridgehead atoms. The van der Waals surface area contributed by atoms with Crippen molar-refractivity contribution in [3.8, 4) is 11.5 Å². The van der Waals surface area contributed by atoms with Crippen molar-refractivity contribution in [1.29, 1.82) is 0 Å². The highest BCUT2D eigenvalue weighted by Gasteiger charge is 2.33. The molecule has 0 spiro atoms. The molecule has 31 heavy (non-hydrogen) atoms. The Morgan fingerprint density at radius 1 is 0.935 bits per heavy atom. The summed E-state index contributed by atoms with van der Waals surface area (Å²) < 4.78 is 5.93. The summed E-state index contributed by atoms with van der Waals surface area (Å²) in [6, 6.07) is 24.6. The van der Waals surface area contributed by atoms with Gasteiger partial charge in [-0.05, 0) is 65.3 Å². The second kappa shape index (κ2) is 7.99. The molecule has 1 heterocycles. The Labute approximate surface area is 181 Å². The van der Waals surface area contributed by atoms with Gasteiger partial charge in [0.25, 0.3) is 0 Å². The molecule has 0 radical (unpaired) electrons. The van der Waals surface area contributed by atoms with E-state index < -0.39 is 6.09 Å². The molecule has 0 saturated carbocycles. The van der Waals surface area contributed by atoms with Gasteiger partial charge in [0, 0.05) is 5.92 Å². The first-order valence-corrected chi connectivity index (χ1v) is 10.7. The lowest BCUT2D eigenvalue weighted by Gasteiger charge is -2.37. The van der Waals surface area contributed by atoms with Crippen LogP contribution < -0.4 is 4.74 Å². The van der Waals surface area contributed by atoms with Crippen LogP contribution in [0.1, 0.15) is 40.5 Å². The monoisotopic (exact) mass is 415 g/mol. The van der Waals surface area contributed by atoms with E-state index in [0.717, 1.165) is 18.6 Å². The molecule has 5 rings (SSSR count). The number of aryl methyl sites for hydroxylation is 1. The molecule has 0 aromatic heterocycles. The number of nitrogens with zero attached hydrogens (tertiary/aromatic N) is 1. The lowest BCUT2D eigenvalue weighted by Crippen LogP contribution is -2.55. The molecule has 2 aliphatic rings. The van der Waals surface area contributed by atoms with Gasteiger partial charge in [-0.3, -0.25) is 0 Å². The molecule has 3 aromatic rings. The van der Waals surface area contributed by atoms with E-state index in [9.17, 15) is 9.90 Å². The van der Waals surface area contributed by atoms with Crippen LogP contribution in [0.25, 0.3) is 0 Å². The van der Waals surface area contributed by atoms with Gasteiger partial charge >= 0.3 is 6.09 Å². The Morgan fingerprint density at radius 2 is 1.68 bits per heavy atom. The second-order valence-corrected chi connectivity index (χ2v) is 8.41. The van der Waals surface area contributed by atoms with Crippen molar-refractivity contribution in [1.82, 2.24) is 4.90 Å². The number of phenols is 1. The smallest absolute Gasteiger partial charge is 0.407 e. The van der Waals surface area contributed by atoms with Gasteiger partial charge in [-0.15, -0.1) is 0 Å². The van der Waals surface area contributed by atoms with Crippen LogP contribution in [0.4, 0.5) is 4.79 Å². The summed E-state index contributed by atoms with van der Waals surface area (Å²) in [5.41, 5.74) is 5.02. The number of phenolic OH excluding ortho intramolecular Hbond substituents is 1. The summed E-state index contributed by atoms with van der Waals surface area (Å²) in [6.45, 7) is 0.819. The summed E-state index contributed by atoms with van der Waals surface area (Å²) in [4.78, 5) is 12.3. The van der Waals surface area contributed by atoms with E-state index in [0.29, 0.717) is 24.8 Å². The van der Waals surface area contributed by atoms with E-state index in [4.69, 9.17) is 9.84 Å². The number of likely N-dealkylation sites (tertiary alicyclic amines) is 1. The average Bonchev–Trinajstić information content (AvgIpc) is 2.76. The largest absolute Gasteiger partial charge is 0.508 e. The van der Waals surface area contributed by atoms with Gasteiger partial charge in [-0.25, -0.2) is 4.79 Å². The van der Waals surface area contributed by atoms with E-state index in [2.05, 4.69) is 42.5 Å². The highest BCUT2D eigenvalue weighted by atomic mass is 16.5. The maximum atomic E-state index is 10.9. The number of carboxylic acid groups (broad SMARTS) is 1. The van der Waals surface area contributed by atoms with E-state index in [1.165, 1.54) is 27.2 Å². The Hall–Kier alpha value is -3.47. The third kappa shape index (κ3) is 3.83. The molecule has 2 unspecified atom stereocenters. The van der Waals surface area contributed by atoms with E-state index in [1.54, 1.807) is 6.07 Å². The third-order valence-electron chi connectivity index (χ3n) is 6.48. The van der Waals surface area contributed by atoms with Gasteiger partial charge < -0.3 is 19.8 Å². The van der Waals surface area contributed by atoms with Crippen molar-refractivity contribution in [2.45, 2.75) is 30.8 Å². The van der Waals surface area contributed by atoms with E-state index in [1.807, 2.05) is 24.3 Å². The van der Waals surface area contributed by atoms with Crippen LogP contribution in [-0.4, -0.2) is 40.4 Å². The van der Waals surface area contributed by atoms with Crippen LogP contribution in [0, 0.1) is 0 Å². The Bertz CT molecular complexity index is 1070. The first-order valence-electron chi connectivity index (χ1n) is 10.7. The maximum absolute atomic E-state index is 10.9. The molecule has 2 atom stereocenters. The zero-order chi connectivity index (χ0) is 21.4. The number of rotatable bonds is 4. The van der Waals surface area contributed by atoms with Crippen molar-refractivity contribution in [3.05, 3.63) is 95.1 Å². The number of ether oxygens (including phenoxy) is 1. The molecule has 2 N–H and O–H groups in total. The third-order valence-corrected chi connectivity index (χ3v) is 6.48. The van der Waals surface area contributed by atoms with Gasteiger partial charge in [0.1, 0.15) is 17.6 Å². The number of aromatic hydroxyl groups is 1. The predicted octanol–water partition coefficient (Wildman–Crippen LogP) is 5.00. The van der Waals surface area contributed by atoms with Crippen molar-refractivity contribution in [2.75, 3.05) is 13.1 Å². The minimum atomic E-state index is -0.899. The molecule has 5 nitrogen and oxygen atoms in total. The summed E-state index contributed by atoms with van der Waals surface area (Å²) in [7, 11) is 0. The van der Waals surface area contributed by atoms with Gasteiger partial charge in [-0.1, -0.05) is 48.5 Å². The molecule has 158 valence electrons. The molecule has 1 fully saturated rings. The number of benzene rings is 3. The molecule has 1 saturated heterocycles. The summed E-state index contributed by atoms with van der Waals surface area (Å²) >= 11 is 0. The number of hydrogen-bond donors (Lipinski definition) is 2. The molecule has 5 heteroatoms. The zero-order valence-electron chi connectivity index (χ0n) is 17.1. The maximum Gasteiger partial charge on any atom is 0.407 e. The van der Waals surface area contributed by atoms with Crippen molar-refractivity contribution in [2.24, 2.45) is 0 Å². The minimum absolute atomic E-state index is 0.0857. The Balaban J connectivity index is 1.42. The van der Waals surface area contributed by atoms with Crippen LogP contribution in [0.5, 0.6) is 11.5 Å². The Kier molecular flexibility index (Phi) is 5.02. The molecule has 1 aliphatic carbocycles. The summed E-state index contributed by atoms with van der Waals surface area (Å²) in [6.07, 6.45) is 0.987. The minimum Gasteiger partial charge on any atom is -0.508 e. The fourth-order valence-electron chi connectivity index (χ4n) is 4.89. The lowest BCUT2D eigenvalue weighted by atomic mass is 9.69. The van der Waals surface area contributed by atoms with E-state index in [-0.39, 0.29) is 12.0 Å². The number of hydrogen-bond acceptors (Lipinski definition) is 3. The van der Waals surface area contributed by atoms with Gasteiger partial charge in [0.2, 0.25) is 0 Å². The fraction of sp³-hybridized carbons (Fsp3) is 0.269. The summed E-state index contributed by atoms with van der Waals surface area (Å²) in [5, 5.41) is 18.9. The molecular formula is C26H25NO4. The zero-order valence-corrected chi connectivity index (χ0v) is 17.1. The quantitative estimate of drug-likeness (QED) is 0.629. The predicted molar refractivity (Wildman–Crippen MR) is 118 cm³/mol. The highest BCUT2D eigenvalue weighted by Crippen LogP contribution is 2.47. The average molecular weight is 415 g/mol. The van der Waals surface area contributed by atoms with Crippen LogP contribution in [-0.2, 0) is 6.42 Å². The van der Waals surface area contributed by atoms with Gasteiger partial charge in [0.05, 0.1) is 13.1 Å². The van der Waals surface area contributed by atoms with Crippen LogP contribution in [0.3, 0.4) is 0 Å². The van der Waals surface area contributed by atoms with Crippen molar-refractivity contribution < 1.29 is 19.7 Å². The first-order chi connectivity index (χ1) is 15.1. The molecule has 1 amide bonds. The standard InChI is InChI=1S/C26H25NO4/c28-20-9-13-24-19(14-20)8-12-23(17-4-2-1-3-5-17)25(24)18-6-10-21(11-7-18)31-22-15-27(16-22)26(29)30/h1-7,9-11,13-14,22-23,25,28H,8,12,15-16H2,(H,29,30). The molecule has 3 aromatic carbocycles. The summed E-state index contributed by atoms with van der Waals surface area (Å²) in [5.74, 6) is 1.64. The Morgan fingerprint density at radius 3 is 2.39 bits per heavy atom. The highest BCUT2D eigenvalue weighted by molar-refractivity contribution is 5.66. The number of carbonyl (C=O) groups is 1. The van der Waals surface area contributed by atoms with Gasteiger partial charge in [-0.2, -0.15) is 0 Å². The molecule has 1 aliphatic heterocycles. The van der Waals surface area contributed by atoms with Crippen LogP contribution >= 0.6 is 0 Å². The topological polar surface area (TPSA) is 70.0 Å². The second-order valence-electron chi connectivity index (χ2n) is 8.41. The normalized spacial score (nSPS) is 20.6. The van der Waals surface area contributed by atoms with Crippen LogP contribution in [0.2, 0.25) is 0 Å². The lowest BCUT2D eigenvalue weighted by molar-refractivity contribution is 0.0252. The SMILES string of the molecule is O=C(O)N1CC(Oc2ccc(C3c4ccc(O)cc4CCC3c3ccccc3)cc2)C1.